The van der Waals surface area contributed by atoms with Gasteiger partial charge in [-0.3, -0.25) is 4.79 Å². The van der Waals surface area contributed by atoms with E-state index in [9.17, 15) is 9.90 Å². The van der Waals surface area contributed by atoms with Gasteiger partial charge in [0.05, 0.1) is 6.10 Å². The molecule has 0 aliphatic carbocycles. The fourth-order valence-corrected chi connectivity index (χ4v) is 2.59. The zero-order valence-corrected chi connectivity index (χ0v) is 9.11. The number of ether oxygens (including phenoxy) is 1. The highest BCUT2D eigenvalue weighted by Gasteiger charge is 2.41. The van der Waals surface area contributed by atoms with Gasteiger partial charge in [0.25, 0.3) is 0 Å². The largest absolute Gasteiger partial charge is 0.461 e. The van der Waals surface area contributed by atoms with Crippen molar-refractivity contribution >= 4 is 5.97 Å². The lowest BCUT2D eigenvalue weighted by atomic mass is 10.0. The van der Waals surface area contributed by atoms with Crippen molar-refractivity contribution in [2.45, 2.75) is 63.3 Å². The number of carbonyl (C=O) groups is 1. The van der Waals surface area contributed by atoms with E-state index in [4.69, 9.17) is 4.74 Å². The molecular formula is C11H19NO3. The molecular weight excluding hydrogens is 194 g/mol. The number of nitrogens with one attached hydrogen (secondary N) is 1. The molecule has 0 radical (unpaired) electrons. The van der Waals surface area contributed by atoms with Crippen molar-refractivity contribution in [3.05, 3.63) is 0 Å². The molecule has 4 heteroatoms. The summed E-state index contributed by atoms with van der Waals surface area (Å²) in [4.78, 5) is 11.4. The van der Waals surface area contributed by atoms with Crippen molar-refractivity contribution in [1.29, 1.82) is 0 Å². The number of aliphatic hydroxyl groups excluding tert-OH is 1. The molecule has 0 aromatic carbocycles. The summed E-state index contributed by atoms with van der Waals surface area (Å²) in [5, 5.41) is 12.9. The summed E-state index contributed by atoms with van der Waals surface area (Å²) < 4.78 is 5.40. The Morgan fingerprint density at radius 1 is 1.47 bits per heavy atom. The molecule has 0 aromatic rings. The Morgan fingerprint density at radius 3 is 3.00 bits per heavy atom. The van der Waals surface area contributed by atoms with Crippen LogP contribution in [0.25, 0.3) is 0 Å². The van der Waals surface area contributed by atoms with Gasteiger partial charge in [-0.15, -0.1) is 0 Å². The second kappa shape index (κ2) is 4.49. The van der Waals surface area contributed by atoms with Crippen molar-refractivity contribution < 1.29 is 14.6 Å². The third kappa shape index (κ3) is 2.49. The van der Waals surface area contributed by atoms with Gasteiger partial charge in [0.1, 0.15) is 6.10 Å². The minimum absolute atomic E-state index is 0.0220. The number of hydrogen-bond acceptors (Lipinski definition) is 4. The van der Waals surface area contributed by atoms with Crippen molar-refractivity contribution in [2.75, 3.05) is 0 Å². The lowest BCUT2D eigenvalue weighted by molar-refractivity contribution is -0.149. The van der Waals surface area contributed by atoms with E-state index in [1.54, 1.807) is 0 Å². The zero-order chi connectivity index (χ0) is 10.8. The van der Waals surface area contributed by atoms with Crippen LogP contribution in [0.1, 0.15) is 39.0 Å². The van der Waals surface area contributed by atoms with Gasteiger partial charge in [0, 0.05) is 24.9 Å². The van der Waals surface area contributed by atoms with Gasteiger partial charge in [-0.2, -0.15) is 0 Å². The Kier molecular flexibility index (Phi) is 3.26. The smallest absolute Gasteiger partial charge is 0.306 e. The van der Waals surface area contributed by atoms with Crippen LogP contribution < -0.4 is 5.32 Å². The molecule has 2 fully saturated rings. The Bertz CT molecular complexity index is 244. The first-order valence-electron chi connectivity index (χ1n) is 5.82. The lowest BCUT2D eigenvalue weighted by Crippen LogP contribution is -2.43. The molecule has 2 aliphatic rings. The number of aliphatic hydroxyl groups is 1. The molecule has 15 heavy (non-hydrogen) atoms. The van der Waals surface area contributed by atoms with Crippen molar-refractivity contribution in [1.82, 2.24) is 5.32 Å². The average molecular weight is 213 g/mol. The molecule has 2 bridgehead atoms. The van der Waals surface area contributed by atoms with E-state index in [0.717, 1.165) is 19.3 Å². The van der Waals surface area contributed by atoms with Gasteiger partial charge in [0.2, 0.25) is 0 Å². The monoisotopic (exact) mass is 213 g/mol. The van der Waals surface area contributed by atoms with E-state index in [1.165, 1.54) is 0 Å². The van der Waals surface area contributed by atoms with Gasteiger partial charge in [-0.05, 0) is 19.3 Å². The van der Waals surface area contributed by atoms with Crippen molar-refractivity contribution in [3.8, 4) is 0 Å². The first-order chi connectivity index (χ1) is 7.19. The molecule has 0 spiro atoms. The second-order valence-corrected chi connectivity index (χ2v) is 4.61. The molecule has 2 heterocycles. The summed E-state index contributed by atoms with van der Waals surface area (Å²) in [5.74, 6) is -0.105. The van der Waals surface area contributed by atoms with Gasteiger partial charge in [-0.25, -0.2) is 0 Å². The van der Waals surface area contributed by atoms with Crippen molar-refractivity contribution in [2.24, 2.45) is 0 Å². The van der Waals surface area contributed by atoms with Gasteiger partial charge in [-0.1, -0.05) is 6.92 Å². The number of fused-ring (bicyclic) bond motifs is 2. The predicted molar refractivity (Wildman–Crippen MR) is 55.4 cm³/mol. The van der Waals surface area contributed by atoms with Crippen LogP contribution in [0.3, 0.4) is 0 Å². The number of carbonyl (C=O) groups excluding carboxylic acids is 1. The first kappa shape index (κ1) is 10.9. The fraction of sp³-hybridized carbons (Fsp3) is 0.909. The van der Waals surface area contributed by atoms with Gasteiger partial charge in [0.15, 0.2) is 0 Å². The highest BCUT2D eigenvalue weighted by molar-refractivity contribution is 5.69. The Labute approximate surface area is 90.0 Å². The van der Waals surface area contributed by atoms with E-state index < -0.39 is 0 Å². The van der Waals surface area contributed by atoms with Crippen LogP contribution >= 0.6 is 0 Å². The standard InChI is InChI=1S/C11H19NO3/c1-2-3-11(14)15-10-5-7-4-8(13)6-9(10)12-7/h7-10,12-13H,2-6H2,1H3. The van der Waals surface area contributed by atoms with E-state index in [1.807, 2.05) is 6.92 Å². The molecule has 4 unspecified atom stereocenters. The molecule has 2 N–H and O–H groups in total. The predicted octanol–water partition coefficient (Wildman–Crippen LogP) is 0.584. The fourth-order valence-electron chi connectivity index (χ4n) is 2.59. The molecule has 2 rings (SSSR count). The first-order valence-corrected chi connectivity index (χ1v) is 5.82. The Balaban J connectivity index is 1.87. The summed E-state index contributed by atoms with van der Waals surface area (Å²) in [7, 11) is 0. The normalized spacial score (nSPS) is 39.1. The van der Waals surface area contributed by atoms with Crippen LogP contribution in [0.15, 0.2) is 0 Å². The molecule has 4 atom stereocenters. The minimum Gasteiger partial charge on any atom is -0.461 e. The van der Waals surface area contributed by atoms with Crippen LogP contribution in [0.2, 0.25) is 0 Å². The van der Waals surface area contributed by atoms with E-state index in [-0.39, 0.29) is 24.2 Å². The van der Waals surface area contributed by atoms with Crippen LogP contribution in [0.4, 0.5) is 0 Å². The number of esters is 1. The summed E-state index contributed by atoms with van der Waals surface area (Å²) in [6.45, 7) is 1.97. The van der Waals surface area contributed by atoms with Crippen LogP contribution in [0, 0.1) is 0 Å². The van der Waals surface area contributed by atoms with E-state index >= 15 is 0 Å². The van der Waals surface area contributed by atoms with Gasteiger partial charge < -0.3 is 15.2 Å². The highest BCUT2D eigenvalue weighted by atomic mass is 16.5. The third-order valence-corrected chi connectivity index (χ3v) is 3.23. The van der Waals surface area contributed by atoms with Crippen molar-refractivity contribution in [3.63, 3.8) is 0 Å². The summed E-state index contributed by atoms with van der Waals surface area (Å²) in [6.07, 6.45) is 3.43. The number of piperidine rings is 1. The quantitative estimate of drug-likeness (QED) is 0.673. The Hall–Kier alpha value is -0.610. The highest BCUT2D eigenvalue weighted by Crippen LogP contribution is 2.29. The molecule has 0 amide bonds. The topological polar surface area (TPSA) is 58.6 Å². The minimum atomic E-state index is -0.226. The van der Waals surface area contributed by atoms with E-state index in [2.05, 4.69) is 5.32 Å². The molecule has 2 aliphatic heterocycles. The van der Waals surface area contributed by atoms with Gasteiger partial charge >= 0.3 is 5.97 Å². The van der Waals surface area contributed by atoms with Crippen LogP contribution in [-0.2, 0) is 9.53 Å². The maximum absolute atomic E-state index is 11.4. The number of rotatable bonds is 3. The van der Waals surface area contributed by atoms with Crippen LogP contribution in [0.5, 0.6) is 0 Å². The second-order valence-electron chi connectivity index (χ2n) is 4.61. The maximum atomic E-state index is 11.4. The van der Waals surface area contributed by atoms with Crippen LogP contribution in [-0.4, -0.2) is 35.4 Å². The maximum Gasteiger partial charge on any atom is 0.306 e. The summed E-state index contributed by atoms with van der Waals surface area (Å²) in [6, 6.07) is 0.498. The zero-order valence-electron chi connectivity index (χ0n) is 9.11. The molecule has 86 valence electrons. The molecule has 0 aromatic heterocycles. The number of hydrogen-bond donors (Lipinski definition) is 2. The Morgan fingerprint density at radius 2 is 2.27 bits per heavy atom. The molecule has 4 nitrogen and oxygen atoms in total. The molecule has 0 saturated carbocycles. The average Bonchev–Trinajstić information content (AvgIpc) is 2.42. The van der Waals surface area contributed by atoms with E-state index in [0.29, 0.717) is 18.9 Å². The lowest BCUT2D eigenvalue weighted by Gasteiger charge is -2.26. The SMILES string of the molecule is CCCC(=O)OC1CC2CC(O)CC1N2. The molecule has 2 saturated heterocycles. The third-order valence-electron chi connectivity index (χ3n) is 3.23. The summed E-state index contributed by atoms with van der Waals surface area (Å²) in [5.41, 5.74) is 0. The summed E-state index contributed by atoms with van der Waals surface area (Å²) >= 11 is 0.